The molecular formula is C12H22N2O. The van der Waals surface area contributed by atoms with E-state index in [-0.39, 0.29) is 0 Å². The summed E-state index contributed by atoms with van der Waals surface area (Å²) < 4.78 is 0. The Kier molecular flexibility index (Phi) is 6.09. The first-order chi connectivity index (χ1) is 7.34. The van der Waals surface area contributed by atoms with Crippen LogP contribution in [0.2, 0.25) is 0 Å². The van der Waals surface area contributed by atoms with Gasteiger partial charge in [-0.1, -0.05) is 6.08 Å². The van der Waals surface area contributed by atoms with E-state index in [1.54, 1.807) is 0 Å². The summed E-state index contributed by atoms with van der Waals surface area (Å²) in [6.07, 6.45) is 7.13. The molecule has 0 aromatic heterocycles. The Bertz CT molecular complexity index is 198. The Morgan fingerprint density at radius 1 is 1.27 bits per heavy atom. The molecule has 0 aromatic rings. The quantitative estimate of drug-likeness (QED) is 0.533. The molecule has 3 heteroatoms. The number of rotatable bonds is 6. The number of likely N-dealkylation sites (tertiary alicyclic amines) is 1. The van der Waals surface area contributed by atoms with Crippen molar-refractivity contribution in [3.05, 3.63) is 12.7 Å². The van der Waals surface area contributed by atoms with Crippen molar-refractivity contribution in [3.8, 4) is 0 Å². The number of nitrogens with one attached hydrogen (secondary N) is 1. The fourth-order valence-corrected chi connectivity index (χ4v) is 1.83. The maximum absolute atomic E-state index is 11.7. The van der Waals surface area contributed by atoms with Gasteiger partial charge in [0.15, 0.2) is 0 Å². The Morgan fingerprint density at radius 2 is 2.00 bits per heavy atom. The Labute approximate surface area is 92.5 Å². The summed E-state index contributed by atoms with van der Waals surface area (Å²) in [5.41, 5.74) is 0. The van der Waals surface area contributed by atoms with Crippen molar-refractivity contribution in [1.82, 2.24) is 10.2 Å². The smallest absolute Gasteiger partial charge is 0.223 e. The van der Waals surface area contributed by atoms with Crippen LogP contribution in [0.4, 0.5) is 0 Å². The number of amides is 1. The predicted molar refractivity (Wildman–Crippen MR) is 62.7 cm³/mol. The Hall–Kier alpha value is -0.830. The van der Waals surface area contributed by atoms with E-state index in [0.717, 1.165) is 32.6 Å². The molecule has 0 aliphatic carbocycles. The van der Waals surface area contributed by atoms with Crippen LogP contribution in [0.1, 0.15) is 32.1 Å². The van der Waals surface area contributed by atoms with Gasteiger partial charge in [0.2, 0.25) is 5.91 Å². The molecule has 15 heavy (non-hydrogen) atoms. The molecule has 1 saturated heterocycles. The third-order valence-corrected chi connectivity index (χ3v) is 2.75. The molecule has 1 aliphatic rings. The van der Waals surface area contributed by atoms with E-state index in [9.17, 15) is 4.79 Å². The lowest BCUT2D eigenvalue weighted by Crippen LogP contribution is -2.37. The first-order valence-electron chi connectivity index (χ1n) is 5.94. The molecule has 1 amide bonds. The highest BCUT2D eigenvalue weighted by molar-refractivity contribution is 5.76. The zero-order chi connectivity index (χ0) is 10.9. The van der Waals surface area contributed by atoms with Crippen LogP contribution in [0.15, 0.2) is 12.7 Å². The topological polar surface area (TPSA) is 32.3 Å². The third kappa shape index (κ3) is 4.98. The first-order valence-corrected chi connectivity index (χ1v) is 5.94. The summed E-state index contributed by atoms with van der Waals surface area (Å²) in [6, 6.07) is 0. The van der Waals surface area contributed by atoms with Crippen LogP contribution in [0.5, 0.6) is 0 Å². The van der Waals surface area contributed by atoms with E-state index < -0.39 is 0 Å². The molecule has 0 spiro atoms. The van der Waals surface area contributed by atoms with Crippen molar-refractivity contribution in [3.63, 3.8) is 0 Å². The van der Waals surface area contributed by atoms with Gasteiger partial charge in [-0.3, -0.25) is 4.79 Å². The average molecular weight is 210 g/mol. The summed E-state index contributed by atoms with van der Waals surface area (Å²) in [5.74, 6) is 0.306. The molecule has 86 valence electrons. The normalized spacial score (nSPS) is 16.4. The van der Waals surface area contributed by atoms with Crippen LogP contribution in [0.25, 0.3) is 0 Å². The maximum Gasteiger partial charge on any atom is 0.223 e. The van der Waals surface area contributed by atoms with Crippen molar-refractivity contribution >= 4 is 5.91 Å². The molecule has 0 unspecified atom stereocenters. The lowest BCUT2D eigenvalue weighted by atomic mass is 10.1. The van der Waals surface area contributed by atoms with E-state index >= 15 is 0 Å². The number of hydrogen-bond acceptors (Lipinski definition) is 2. The van der Waals surface area contributed by atoms with Gasteiger partial charge in [-0.15, -0.1) is 6.58 Å². The Morgan fingerprint density at radius 3 is 2.67 bits per heavy atom. The van der Waals surface area contributed by atoms with E-state index in [4.69, 9.17) is 0 Å². The van der Waals surface area contributed by atoms with Crippen molar-refractivity contribution < 1.29 is 4.79 Å². The van der Waals surface area contributed by atoms with Crippen LogP contribution in [0, 0.1) is 0 Å². The summed E-state index contributed by atoms with van der Waals surface area (Å²) in [6.45, 7) is 7.30. The van der Waals surface area contributed by atoms with E-state index in [1.807, 2.05) is 11.0 Å². The second-order valence-corrected chi connectivity index (χ2v) is 4.02. The minimum absolute atomic E-state index is 0.306. The summed E-state index contributed by atoms with van der Waals surface area (Å²) >= 11 is 0. The van der Waals surface area contributed by atoms with Gasteiger partial charge in [-0.2, -0.15) is 0 Å². The second kappa shape index (κ2) is 7.46. The highest BCUT2D eigenvalue weighted by Gasteiger charge is 2.15. The van der Waals surface area contributed by atoms with Crippen molar-refractivity contribution in [1.29, 1.82) is 0 Å². The number of nitrogens with zero attached hydrogens (tertiary/aromatic N) is 1. The molecule has 0 atom stereocenters. The monoisotopic (exact) mass is 210 g/mol. The molecule has 3 nitrogen and oxygen atoms in total. The molecule has 0 saturated carbocycles. The van der Waals surface area contributed by atoms with Gasteiger partial charge in [0, 0.05) is 26.1 Å². The van der Waals surface area contributed by atoms with E-state index in [0.29, 0.717) is 12.3 Å². The van der Waals surface area contributed by atoms with Gasteiger partial charge in [0.05, 0.1) is 0 Å². The largest absolute Gasteiger partial charge is 0.343 e. The molecule has 1 heterocycles. The second-order valence-electron chi connectivity index (χ2n) is 4.02. The van der Waals surface area contributed by atoms with Gasteiger partial charge in [-0.05, 0) is 32.2 Å². The van der Waals surface area contributed by atoms with Crippen LogP contribution < -0.4 is 5.32 Å². The van der Waals surface area contributed by atoms with Gasteiger partial charge in [-0.25, -0.2) is 0 Å². The number of carbonyl (C=O) groups is 1. The molecule has 1 fully saturated rings. The number of carbonyl (C=O) groups excluding carboxylic acids is 1. The summed E-state index contributed by atoms with van der Waals surface area (Å²) in [4.78, 5) is 13.7. The average Bonchev–Trinajstić information content (AvgIpc) is 2.30. The van der Waals surface area contributed by atoms with Crippen LogP contribution in [-0.2, 0) is 4.79 Å². The molecule has 1 aliphatic heterocycles. The van der Waals surface area contributed by atoms with Crippen molar-refractivity contribution in [2.24, 2.45) is 0 Å². The lowest BCUT2D eigenvalue weighted by Gasteiger charge is -2.26. The maximum atomic E-state index is 11.7. The van der Waals surface area contributed by atoms with E-state index in [2.05, 4.69) is 11.9 Å². The zero-order valence-electron chi connectivity index (χ0n) is 9.50. The third-order valence-electron chi connectivity index (χ3n) is 2.75. The first kappa shape index (κ1) is 12.2. The van der Waals surface area contributed by atoms with Gasteiger partial charge in [0.1, 0.15) is 0 Å². The highest BCUT2D eigenvalue weighted by Crippen LogP contribution is 2.09. The van der Waals surface area contributed by atoms with Gasteiger partial charge < -0.3 is 10.2 Å². The molecule has 0 aromatic carbocycles. The van der Waals surface area contributed by atoms with Crippen molar-refractivity contribution in [2.45, 2.75) is 32.1 Å². The number of hydrogen-bond donors (Lipinski definition) is 1. The zero-order valence-corrected chi connectivity index (χ0v) is 9.50. The highest BCUT2D eigenvalue weighted by atomic mass is 16.2. The lowest BCUT2D eigenvalue weighted by molar-refractivity contribution is -0.131. The van der Waals surface area contributed by atoms with Crippen LogP contribution in [-0.4, -0.2) is 37.0 Å². The molecule has 1 rings (SSSR count). The minimum Gasteiger partial charge on any atom is -0.343 e. The standard InChI is InChI=1S/C12H22N2O/c1-2-3-8-13-9-7-12(15)14-10-5-4-6-11-14/h2,13H,1,3-11H2. The molecule has 1 N–H and O–H groups in total. The minimum atomic E-state index is 0.306. The SMILES string of the molecule is C=CCCNCCC(=O)N1CCCCC1. The Balaban J connectivity index is 2.04. The summed E-state index contributed by atoms with van der Waals surface area (Å²) in [5, 5.41) is 3.24. The predicted octanol–water partition coefficient (Wildman–Crippen LogP) is 1.55. The van der Waals surface area contributed by atoms with Crippen LogP contribution in [0.3, 0.4) is 0 Å². The fourth-order valence-electron chi connectivity index (χ4n) is 1.83. The molecule has 0 radical (unpaired) electrons. The summed E-state index contributed by atoms with van der Waals surface area (Å²) in [7, 11) is 0. The van der Waals surface area contributed by atoms with Crippen LogP contribution >= 0.6 is 0 Å². The van der Waals surface area contributed by atoms with E-state index in [1.165, 1.54) is 19.3 Å². The molecular weight excluding hydrogens is 188 g/mol. The van der Waals surface area contributed by atoms with Gasteiger partial charge >= 0.3 is 0 Å². The van der Waals surface area contributed by atoms with Gasteiger partial charge in [0.25, 0.3) is 0 Å². The van der Waals surface area contributed by atoms with Crippen molar-refractivity contribution in [2.75, 3.05) is 26.2 Å². The fraction of sp³-hybridized carbons (Fsp3) is 0.750. The molecule has 0 bridgehead atoms. The number of piperidine rings is 1.